The van der Waals surface area contributed by atoms with Gasteiger partial charge in [0.05, 0.1) is 23.7 Å². The number of nitrogens with zero attached hydrogens (tertiary/aromatic N) is 4. The van der Waals surface area contributed by atoms with E-state index >= 15 is 0 Å². The molecular formula is C17H19F3N6O3. The minimum Gasteiger partial charge on any atom is -0.379 e. The fourth-order valence-corrected chi connectivity index (χ4v) is 2.81. The quantitative estimate of drug-likeness (QED) is 0.528. The van der Waals surface area contributed by atoms with E-state index in [9.17, 15) is 23.3 Å². The summed E-state index contributed by atoms with van der Waals surface area (Å²) in [6, 6.07) is 4.13. The Balaban J connectivity index is 1.71. The SMILES string of the molecule is O=[N+]([O-])c1c(NCCN2CCOCC2)ncnc1Nc1ccc(C(F)(F)F)cc1. The van der Waals surface area contributed by atoms with E-state index in [0.717, 1.165) is 31.5 Å². The van der Waals surface area contributed by atoms with Crippen molar-refractivity contribution in [2.45, 2.75) is 6.18 Å². The molecule has 1 aromatic carbocycles. The molecule has 0 aliphatic carbocycles. The maximum absolute atomic E-state index is 12.7. The van der Waals surface area contributed by atoms with E-state index in [1.807, 2.05) is 0 Å². The first-order valence-corrected chi connectivity index (χ1v) is 8.82. The summed E-state index contributed by atoms with van der Waals surface area (Å²) >= 11 is 0. The van der Waals surface area contributed by atoms with Crippen molar-refractivity contribution < 1.29 is 22.8 Å². The highest BCUT2D eigenvalue weighted by molar-refractivity contribution is 5.73. The van der Waals surface area contributed by atoms with Crippen LogP contribution in [0.15, 0.2) is 30.6 Å². The number of nitro groups is 1. The Kier molecular flexibility index (Phi) is 6.44. The molecule has 2 N–H and O–H groups in total. The average molecular weight is 412 g/mol. The number of aromatic nitrogens is 2. The van der Waals surface area contributed by atoms with Crippen molar-refractivity contribution >= 4 is 23.0 Å². The number of rotatable bonds is 7. The van der Waals surface area contributed by atoms with Crippen LogP contribution in [-0.2, 0) is 10.9 Å². The molecule has 29 heavy (non-hydrogen) atoms. The predicted octanol–water partition coefficient (Wildman–Crippen LogP) is 2.89. The van der Waals surface area contributed by atoms with Crippen LogP contribution in [0.4, 0.5) is 36.2 Å². The van der Waals surface area contributed by atoms with Crippen LogP contribution in [0.3, 0.4) is 0 Å². The molecule has 3 rings (SSSR count). The molecule has 0 atom stereocenters. The highest BCUT2D eigenvalue weighted by atomic mass is 19.4. The topological polar surface area (TPSA) is 105 Å². The number of ether oxygens (including phenoxy) is 1. The molecule has 9 nitrogen and oxygen atoms in total. The molecule has 1 saturated heterocycles. The zero-order valence-electron chi connectivity index (χ0n) is 15.3. The van der Waals surface area contributed by atoms with Gasteiger partial charge in [0.25, 0.3) is 0 Å². The lowest BCUT2D eigenvalue weighted by atomic mass is 10.2. The second-order valence-corrected chi connectivity index (χ2v) is 6.26. The van der Waals surface area contributed by atoms with Crippen LogP contribution >= 0.6 is 0 Å². The number of nitrogens with one attached hydrogen (secondary N) is 2. The Bertz CT molecular complexity index is 841. The first kappa shape index (κ1) is 20.7. The molecule has 2 aromatic rings. The number of hydrogen-bond donors (Lipinski definition) is 2. The molecule has 0 unspecified atom stereocenters. The van der Waals surface area contributed by atoms with Crippen molar-refractivity contribution in [3.05, 3.63) is 46.3 Å². The fourth-order valence-electron chi connectivity index (χ4n) is 2.81. The molecule has 0 radical (unpaired) electrons. The molecule has 0 spiro atoms. The Morgan fingerprint density at radius 3 is 2.41 bits per heavy atom. The van der Waals surface area contributed by atoms with Crippen molar-refractivity contribution in [2.24, 2.45) is 0 Å². The van der Waals surface area contributed by atoms with Gasteiger partial charge in [0.15, 0.2) is 0 Å². The number of anilines is 3. The Labute approximate surface area is 164 Å². The zero-order chi connectivity index (χ0) is 20.9. The Morgan fingerprint density at radius 1 is 1.14 bits per heavy atom. The van der Waals surface area contributed by atoms with Crippen LogP contribution in [0.25, 0.3) is 0 Å². The lowest BCUT2D eigenvalue weighted by molar-refractivity contribution is -0.383. The van der Waals surface area contributed by atoms with Gasteiger partial charge in [0.2, 0.25) is 11.6 Å². The standard InChI is InChI=1S/C17H19F3N6O3/c18-17(19,20)12-1-3-13(4-2-12)24-16-14(26(27)28)15(22-11-23-16)21-5-6-25-7-9-29-10-8-25/h1-4,11H,5-10H2,(H2,21,22,23,24). The van der Waals surface area contributed by atoms with Gasteiger partial charge in [0, 0.05) is 31.9 Å². The molecule has 1 aliphatic rings. The third-order valence-corrected chi connectivity index (χ3v) is 4.30. The van der Waals surface area contributed by atoms with E-state index in [2.05, 4.69) is 25.5 Å². The smallest absolute Gasteiger partial charge is 0.379 e. The van der Waals surface area contributed by atoms with Crippen LogP contribution < -0.4 is 10.6 Å². The van der Waals surface area contributed by atoms with Crippen LogP contribution in [0.1, 0.15) is 5.56 Å². The summed E-state index contributed by atoms with van der Waals surface area (Å²) in [5.74, 6) is -0.0775. The van der Waals surface area contributed by atoms with Crippen LogP contribution in [0.5, 0.6) is 0 Å². The van der Waals surface area contributed by atoms with Gasteiger partial charge in [0.1, 0.15) is 6.33 Å². The molecule has 0 amide bonds. The summed E-state index contributed by atoms with van der Waals surface area (Å²) in [5.41, 5.74) is -0.959. The van der Waals surface area contributed by atoms with Gasteiger partial charge >= 0.3 is 11.9 Å². The third kappa shape index (κ3) is 5.51. The molecule has 1 fully saturated rings. The molecule has 1 aromatic heterocycles. The maximum Gasteiger partial charge on any atom is 0.416 e. The number of halogens is 3. The number of benzene rings is 1. The van der Waals surface area contributed by atoms with Crippen molar-refractivity contribution in [1.82, 2.24) is 14.9 Å². The van der Waals surface area contributed by atoms with E-state index in [1.54, 1.807) is 0 Å². The van der Waals surface area contributed by atoms with Crippen molar-refractivity contribution in [2.75, 3.05) is 50.0 Å². The zero-order valence-corrected chi connectivity index (χ0v) is 15.3. The first-order chi connectivity index (χ1) is 13.8. The number of hydrogen-bond acceptors (Lipinski definition) is 8. The minimum atomic E-state index is -4.46. The maximum atomic E-state index is 12.7. The van der Waals surface area contributed by atoms with E-state index in [1.165, 1.54) is 12.1 Å². The number of alkyl halides is 3. The van der Waals surface area contributed by atoms with Gasteiger partial charge in [-0.2, -0.15) is 13.2 Å². The molecule has 0 bridgehead atoms. The Hall–Kier alpha value is -2.99. The van der Waals surface area contributed by atoms with Crippen molar-refractivity contribution in [3.8, 4) is 0 Å². The summed E-state index contributed by atoms with van der Waals surface area (Å²) in [4.78, 5) is 20.9. The molecule has 12 heteroatoms. The van der Waals surface area contributed by atoms with E-state index < -0.39 is 16.7 Å². The Morgan fingerprint density at radius 2 is 1.79 bits per heavy atom. The average Bonchev–Trinajstić information content (AvgIpc) is 2.68. The minimum absolute atomic E-state index is 0.0349. The van der Waals surface area contributed by atoms with Crippen LogP contribution in [0.2, 0.25) is 0 Å². The number of morpholine rings is 1. The highest BCUT2D eigenvalue weighted by Gasteiger charge is 2.30. The molecule has 2 heterocycles. The van der Waals surface area contributed by atoms with E-state index in [4.69, 9.17) is 4.74 Å². The van der Waals surface area contributed by atoms with E-state index in [-0.39, 0.29) is 23.0 Å². The van der Waals surface area contributed by atoms with Gasteiger partial charge in [-0.25, -0.2) is 9.97 Å². The van der Waals surface area contributed by atoms with Crippen LogP contribution in [-0.4, -0.2) is 59.2 Å². The predicted molar refractivity (Wildman–Crippen MR) is 99.2 cm³/mol. The largest absolute Gasteiger partial charge is 0.416 e. The van der Waals surface area contributed by atoms with Crippen molar-refractivity contribution in [1.29, 1.82) is 0 Å². The summed E-state index contributed by atoms with van der Waals surface area (Å²) < 4.78 is 43.3. The van der Waals surface area contributed by atoms with Gasteiger partial charge < -0.3 is 15.4 Å². The monoisotopic (exact) mass is 412 g/mol. The second kappa shape index (κ2) is 9.01. The third-order valence-electron chi connectivity index (χ3n) is 4.30. The van der Waals surface area contributed by atoms with Crippen molar-refractivity contribution in [3.63, 3.8) is 0 Å². The summed E-state index contributed by atoms with van der Waals surface area (Å²) in [6.45, 7) is 3.95. The molecule has 0 saturated carbocycles. The normalized spacial score (nSPS) is 15.1. The van der Waals surface area contributed by atoms with Gasteiger partial charge in [-0.1, -0.05) is 0 Å². The summed E-state index contributed by atoms with van der Waals surface area (Å²) in [5, 5.41) is 17.2. The molecule has 156 valence electrons. The summed E-state index contributed by atoms with van der Waals surface area (Å²) in [7, 11) is 0. The lowest BCUT2D eigenvalue weighted by Gasteiger charge is -2.26. The highest BCUT2D eigenvalue weighted by Crippen LogP contribution is 2.33. The summed E-state index contributed by atoms with van der Waals surface area (Å²) in [6.07, 6.45) is -3.31. The second-order valence-electron chi connectivity index (χ2n) is 6.26. The van der Waals surface area contributed by atoms with Gasteiger partial charge in [-0.05, 0) is 24.3 Å². The molecule has 1 aliphatic heterocycles. The fraction of sp³-hybridized carbons (Fsp3) is 0.412. The molecular weight excluding hydrogens is 393 g/mol. The van der Waals surface area contributed by atoms with Crippen LogP contribution in [0, 0.1) is 10.1 Å². The van der Waals surface area contributed by atoms with Gasteiger partial charge in [-0.3, -0.25) is 15.0 Å². The lowest BCUT2D eigenvalue weighted by Crippen LogP contribution is -2.39. The van der Waals surface area contributed by atoms with Gasteiger partial charge in [-0.15, -0.1) is 0 Å². The van der Waals surface area contributed by atoms with E-state index in [0.29, 0.717) is 26.3 Å². The first-order valence-electron chi connectivity index (χ1n) is 8.82.